The smallest absolute Gasteiger partial charge is 0.200 e. The minimum Gasteiger partial charge on any atom is -0.336 e. The number of hydrogen-bond acceptors (Lipinski definition) is 5. The number of Topliss-reactive ketones (excluding diaryl/α,β-unsaturated/α-hetero) is 1. The average Bonchev–Trinajstić information content (AvgIpc) is 3.28. The third kappa shape index (κ3) is 5.04. The third-order valence-electron chi connectivity index (χ3n) is 6.69. The van der Waals surface area contributed by atoms with Crippen molar-refractivity contribution in [2.24, 2.45) is 22.7 Å². The Kier molecular flexibility index (Phi) is 6.67. The molecule has 2 heterocycles. The summed E-state index contributed by atoms with van der Waals surface area (Å²) in [6.45, 7) is 2.27. The second kappa shape index (κ2) is 9.32. The number of pyridine rings is 1. The number of anilines is 1. The molecule has 1 aromatic carbocycles. The van der Waals surface area contributed by atoms with Gasteiger partial charge in [0.15, 0.2) is 15.7 Å². The molecule has 8 heteroatoms. The summed E-state index contributed by atoms with van der Waals surface area (Å²) < 4.78 is 23.4. The maximum Gasteiger partial charge on any atom is 0.200 e. The number of aliphatic imine (C=N–C) groups is 1. The molecule has 2 aromatic rings. The van der Waals surface area contributed by atoms with Gasteiger partial charge in [0, 0.05) is 12.2 Å². The summed E-state index contributed by atoms with van der Waals surface area (Å²) in [6, 6.07) is 10.2. The fourth-order valence-electron chi connectivity index (χ4n) is 4.83. The normalized spacial score (nSPS) is 23.5. The van der Waals surface area contributed by atoms with E-state index in [0.29, 0.717) is 16.9 Å². The highest BCUT2D eigenvalue weighted by Crippen LogP contribution is 2.39. The molecule has 1 saturated carbocycles. The monoisotopic (exact) mass is 473 g/mol. The molecule has 2 atom stereocenters. The lowest BCUT2D eigenvalue weighted by Gasteiger charge is -2.31. The number of carbonyl (C=O) groups excluding carboxylic acids is 1. The summed E-state index contributed by atoms with van der Waals surface area (Å²) in [5, 5.41) is 3.65. The van der Waals surface area contributed by atoms with Gasteiger partial charge < -0.3 is 5.32 Å². The number of benzene rings is 1. The molecule has 2 aliphatic rings. The number of nitrogens with zero attached hydrogens (tertiary/aromatic N) is 2. The molecule has 1 fully saturated rings. The lowest BCUT2D eigenvalue weighted by molar-refractivity contribution is -0.118. The van der Waals surface area contributed by atoms with Gasteiger partial charge in [-0.2, -0.15) is 0 Å². The van der Waals surface area contributed by atoms with Gasteiger partial charge in [0.2, 0.25) is 5.78 Å². The Morgan fingerprint density at radius 1 is 1.12 bits per heavy atom. The summed E-state index contributed by atoms with van der Waals surface area (Å²) in [6.07, 6.45) is 6.61. The van der Waals surface area contributed by atoms with E-state index in [-0.39, 0.29) is 29.1 Å². The van der Waals surface area contributed by atoms with Crippen molar-refractivity contribution in [2.75, 3.05) is 11.6 Å². The first kappa shape index (κ1) is 22.9. The van der Waals surface area contributed by atoms with E-state index in [1.54, 1.807) is 30.3 Å². The molecule has 0 amide bonds. The zero-order valence-electron chi connectivity index (χ0n) is 18.3. The van der Waals surface area contributed by atoms with Crippen molar-refractivity contribution in [2.45, 2.75) is 50.5 Å². The molecule has 170 valence electrons. The molecule has 0 saturated heterocycles. The van der Waals surface area contributed by atoms with Crippen LogP contribution in [0.1, 0.15) is 43.9 Å². The Bertz CT molecular complexity index is 1140. The SMILES string of the molecule is CC1C(=O)C(=NCc2ccc(S(C)(=O)=O)cc2)Nc2ccc(Cl)nc2CC1C1CCCC1. The fraction of sp³-hybridized carbons (Fsp3) is 0.458. The molecule has 4 rings (SSSR count). The standard InChI is InChI=1S/C24H28ClN3O3S/c1-15-19(17-5-3-4-6-17)13-21-20(11-12-22(25)27-21)28-24(23(15)29)26-14-16-7-9-18(10-8-16)32(2,30)31/h7-12,15,17,19H,3-6,13-14H2,1-2H3,(H,26,28). The van der Waals surface area contributed by atoms with Crippen molar-refractivity contribution >= 4 is 38.7 Å². The molecule has 1 aliphatic carbocycles. The number of aromatic nitrogens is 1. The topological polar surface area (TPSA) is 88.5 Å². The molecule has 1 aliphatic heterocycles. The van der Waals surface area contributed by atoms with Gasteiger partial charge in [-0.25, -0.2) is 13.4 Å². The Labute approximate surface area is 194 Å². The number of amidine groups is 1. The predicted molar refractivity (Wildman–Crippen MR) is 127 cm³/mol. The molecule has 1 aromatic heterocycles. The highest BCUT2D eigenvalue weighted by molar-refractivity contribution is 7.90. The van der Waals surface area contributed by atoms with Crippen LogP contribution in [0, 0.1) is 17.8 Å². The van der Waals surface area contributed by atoms with Crippen LogP contribution in [0.5, 0.6) is 0 Å². The van der Waals surface area contributed by atoms with Crippen LogP contribution in [-0.2, 0) is 27.6 Å². The van der Waals surface area contributed by atoms with E-state index in [1.165, 1.54) is 19.1 Å². The number of hydrogen-bond donors (Lipinski definition) is 1. The van der Waals surface area contributed by atoms with Gasteiger partial charge in [0.05, 0.1) is 22.8 Å². The van der Waals surface area contributed by atoms with E-state index < -0.39 is 9.84 Å². The van der Waals surface area contributed by atoms with Gasteiger partial charge in [-0.15, -0.1) is 0 Å². The third-order valence-corrected chi connectivity index (χ3v) is 8.03. The van der Waals surface area contributed by atoms with Gasteiger partial charge in [0.1, 0.15) is 5.15 Å². The molecule has 32 heavy (non-hydrogen) atoms. The number of rotatable bonds is 4. The van der Waals surface area contributed by atoms with Gasteiger partial charge in [0.25, 0.3) is 0 Å². The first-order valence-corrected chi connectivity index (χ1v) is 13.3. The van der Waals surface area contributed by atoms with Crippen LogP contribution in [0.15, 0.2) is 46.3 Å². The van der Waals surface area contributed by atoms with Crippen LogP contribution in [0.2, 0.25) is 5.15 Å². The number of fused-ring (bicyclic) bond motifs is 1. The Morgan fingerprint density at radius 2 is 1.81 bits per heavy atom. The molecule has 6 nitrogen and oxygen atoms in total. The number of sulfone groups is 1. The molecule has 0 spiro atoms. The second-order valence-electron chi connectivity index (χ2n) is 8.90. The molecular formula is C24H28ClN3O3S. The van der Waals surface area contributed by atoms with Crippen LogP contribution < -0.4 is 5.32 Å². The van der Waals surface area contributed by atoms with E-state index >= 15 is 0 Å². The Hall–Kier alpha value is -2.25. The minimum absolute atomic E-state index is 0.00950. The van der Waals surface area contributed by atoms with Gasteiger partial charge in [-0.05, 0) is 48.1 Å². The number of carbonyl (C=O) groups is 1. The molecule has 1 N–H and O–H groups in total. The van der Waals surface area contributed by atoms with Crippen LogP contribution in [0.4, 0.5) is 5.69 Å². The van der Waals surface area contributed by atoms with Gasteiger partial charge >= 0.3 is 0 Å². The van der Waals surface area contributed by atoms with Crippen molar-refractivity contribution in [1.82, 2.24) is 4.98 Å². The maximum atomic E-state index is 13.4. The lowest BCUT2D eigenvalue weighted by Crippen LogP contribution is -2.38. The fourth-order valence-corrected chi connectivity index (χ4v) is 5.63. The molecule has 0 bridgehead atoms. The zero-order chi connectivity index (χ0) is 22.9. The van der Waals surface area contributed by atoms with Crippen molar-refractivity contribution in [1.29, 1.82) is 0 Å². The maximum absolute atomic E-state index is 13.4. The molecular weight excluding hydrogens is 446 g/mol. The average molecular weight is 474 g/mol. The van der Waals surface area contributed by atoms with Crippen LogP contribution >= 0.6 is 11.6 Å². The number of halogens is 1. The quantitative estimate of drug-likeness (QED) is 0.649. The van der Waals surface area contributed by atoms with Crippen molar-refractivity contribution in [3.8, 4) is 0 Å². The Balaban J connectivity index is 1.65. The predicted octanol–water partition coefficient (Wildman–Crippen LogP) is 4.72. The zero-order valence-corrected chi connectivity index (χ0v) is 19.9. The lowest BCUT2D eigenvalue weighted by atomic mass is 9.75. The minimum atomic E-state index is -3.25. The summed E-state index contributed by atoms with van der Waals surface area (Å²) in [5.41, 5.74) is 2.47. The van der Waals surface area contributed by atoms with Crippen molar-refractivity contribution < 1.29 is 13.2 Å². The van der Waals surface area contributed by atoms with Crippen LogP contribution in [0.3, 0.4) is 0 Å². The number of ketones is 1. The first-order valence-electron chi connectivity index (χ1n) is 11.0. The van der Waals surface area contributed by atoms with E-state index in [2.05, 4.69) is 15.3 Å². The highest BCUT2D eigenvalue weighted by Gasteiger charge is 2.37. The molecule has 2 unspecified atom stereocenters. The highest BCUT2D eigenvalue weighted by atomic mass is 35.5. The summed E-state index contributed by atoms with van der Waals surface area (Å²) in [5.74, 6) is 0.862. The van der Waals surface area contributed by atoms with Crippen LogP contribution in [0.25, 0.3) is 0 Å². The second-order valence-corrected chi connectivity index (χ2v) is 11.3. The van der Waals surface area contributed by atoms with Crippen molar-refractivity contribution in [3.63, 3.8) is 0 Å². The first-order chi connectivity index (χ1) is 15.2. The van der Waals surface area contributed by atoms with Gasteiger partial charge in [-0.3, -0.25) is 9.79 Å². The Morgan fingerprint density at radius 3 is 2.47 bits per heavy atom. The largest absolute Gasteiger partial charge is 0.336 e. The summed E-state index contributed by atoms with van der Waals surface area (Å²) in [7, 11) is -3.25. The number of nitrogens with one attached hydrogen (secondary N) is 1. The van der Waals surface area contributed by atoms with E-state index in [0.717, 1.165) is 36.2 Å². The van der Waals surface area contributed by atoms with E-state index in [4.69, 9.17) is 11.6 Å². The summed E-state index contributed by atoms with van der Waals surface area (Å²) >= 11 is 6.19. The van der Waals surface area contributed by atoms with Crippen LogP contribution in [-0.4, -0.2) is 31.3 Å². The van der Waals surface area contributed by atoms with E-state index in [1.807, 2.05) is 13.0 Å². The van der Waals surface area contributed by atoms with Crippen molar-refractivity contribution in [3.05, 3.63) is 52.8 Å². The van der Waals surface area contributed by atoms with Gasteiger partial charge in [-0.1, -0.05) is 56.3 Å². The van der Waals surface area contributed by atoms with E-state index in [9.17, 15) is 13.2 Å². The molecule has 0 radical (unpaired) electrons. The summed E-state index contributed by atoms with van der Waals surface area (Å²) in [4.78, 5) is 22.9.